The third-order valence-electron chi connectivity index (χ3n) is 2.41. The molecule has 0 spiro atoms. The van der Waals surface area contributed by atoms with Gasteiger partial charge in [-0.2, -0.15) is 0 Å². The van der Waals surface area contributed by atoms with Gasteiger partial charge in [-0.3, -0.25) is 4.79 Å². The molecule has 82 valence electrons. The molecule has 0 saturated heterocycles. The highest BCUT2D eigenvalue weighted by atomic mass is 35.5. The van der Waals surface area contributed by atoms with Crippen molar-refractivity contribution in [3.8, 4) is 0 Å². The van der Waals surface area contributed by atoms with Gasteiger partial charge in [0, 0.05) is 5.02 Å². The Hall–Kier alpha value is -1.02. The average Bonchev–Trinajstić information content (AvgIpc) is 2.18. The van der Waals surface area contributed by atoms with E-state index in [0.29, 0.717) is 12.4 Å². The van der Waals surface area contributed by atoms with E-state index in [4.69, 9.17) is 16.3 Å². The highest BCUT2D eigenvalue weighted by molar-refractivity contribution is 6.30. The van der Waals surface area contributed by atoms with Crippen LogP contribution < -0.4 is 0 Å². The summed E-state index contributed by atoms with van der Waals surface area (Å²) in [7, 11) is 0. The molecule has 0 aliphatic heterocycles. The lowest BCUT2D eigenvalue weighted by Crippen LogP contribution is -2.10. The van der Waals surface area contributed by atoms with Crippen LogP contribution in [-0.2, 0) is 9.53 Å². The molecule has 1 aromatic carbocycles. The fourth-order valence-corrected chi connectivity index (χ4v) is 1.70. The maximum atomic E-state index is 10.1. The molecule has 2 atom stereocenters. The summed E-state index contributed by atoms with van der Waals surface area (Å²) in [6.07, 6.45) is 0.772. The molecule has 3 heteroatoms. The predicted octanol–water partition coefficient (Wildman–Crippen LogP) is 3.40. The molecule has 0 heterocycles. The first-order valence-corrected chi connectivity index (χ1v) is 5.36. The SMILES string of the molecule is C[C@H](C[C@@H](C)c1ccc(Cl)cc1)OC=O. The van der Waals surface area contributed by atoms with Crippen LogP contribution in [0.1, 0.15) is 31.7 Å². The highest BCUT2D eigenvalue weighted by Gasteiger charge is 2.10. The molecule has 0 N–H and O–H groups in total. The van der Waals surface area contributed by atoms with Crippen molar-refractivity contribution >= 4 is 18.1 Å². The smallest absolute Gasteiger partial charge is 0.293 e. The lowest BCUT2D eigenvalue weighted by molar-refractivity contribution is -0.133. The number of ether oxygens (including phenoxy) is 1. The molecule has 0 radical (unpaired) electrons. The van der Waals surface area contributed by atoms with Gasteiger partial charge >= 0.3 is 0 Å². The van der Waals surface area contributed by atoms with Crippen LogP contribution in [0.5, 0.6) is 0 Å². The van der Waals surface area contributed by atoms with Crippen molar-refractivity contribution in [3.05, 3.63) is 34.9 Å². The first-order valence-electron chi connectivity index (χ1n) is 4.98. The Kier molecular flexibility index (Phi) is 4.63. The molecule has 0 saturated carbocycles. The molecule has 0 unspecified atom stereocenters. The minimum absolute atomic E-state index is 0.0480. The molecule has 2 nitrogen and oxygen atoms in total. The second-order valence-corrected chi connectivity index (χ2v) is 4.17. The number of rotatable bonds is 5. The molecule has 0 amide bonds. The zero-order valence-corrected chi connectivity index (χ0v) is 9.70. The van der Waals surface area contributed by atoms with Crippen LogP contribution in [0.2, 0.25) is 5.02 Å². The van der Waals surface area contributed by atoms with Gasteiger partial charge in [-0.05, 0) is 37.0 Å². The van der Waals surface area contributed by atoms with Gasteiger partial charge in [0.1, 0.15) is 0 Å². The summed E-state index contributed by atoms with van der Waals surface area (Å²) in [4.78, 5) is 10.1. The lowest BCUT2D eigenvalue weighted by Gasteiger charge is -2.16. The van der Waals surface area contributed by atoms with Crippen LogP contribution in [0.25, 0.3) is 0 Å². The standard InChI is InChI=1S/C12H15ClO2/c1-9(7-10(2)15-8-14)11-3-5-12(13)6-4-11/h3-6,8-10H,7H2,1-2H3/t9-,10-/m1/s1. The van der Waals surface area contributed by atoms with E-state index >= 15 is 0 Å². The van der Waals surface area contributed by atoms with Crippen molar-refractivity contribution in [1.82, 2.24) is 0 Å². The van der Waals surface area contributed by atoms with Gasteiger partial charge in [0.15, 0.2) is 0 Å². The van der Waals surface area contributed by atoms with Gasteiger partial charge < -0.3 is 4.74 Å². The van der Waals surface area contributed by atoms with E-state index in [1.54, 1.807) is 0 Å². The molecule has 0 aliphatic carbocycles. The van der Waals surface area contributed by atoms with Crippen LogP contribution in [0.3, 0.4) is 0 Å². The van der Waals surface area contributed by atoms with Gasteiger partial charge in [-0.1, -0.05) is 30.7 Å². The number of halogens is 1. The van der Waals surface area contributed by atoms with E-state index < -0.39 is 0 Å². The normalized spacial score (nSPS) is 14.3. The maximum Gasteiger partial charge on any atom is 0.293 e. The van der Waals surface area contributed by atoms with Gasteiger partial charge in [-0.15, -0.1) is 0 Å². The van der Waals surface area contributed by atoms with E-state index in [-0.39, 0.29) is 6.10 Å². The van der Waals surface area contributed by atoms with Crippen molar-refractivity contribution in [3.63, 3.8) is 0 Å². The van der Waals surface area contributed by atoms with Crippen LogP contribution in [0, 0.1) is 0 Å². The van der Waals surface area contributed by atoms with Crippen molar-refractivity contribution in [2.24, 2.45) is 0 Å². The molecular weight excluding hydrogens is 212 g/mol. The molecule has 0 aromatic heterocycles. The number of hydrogen-bond donors (Lipinski definition) is 0. The monoisotopic (exact) mass is 226 g/mol. The number of carbonyl (C=O) groups is 1. The summed E-state index contributed by atoms with van der Waals surface area (Å²) in [5.41, 5.74) is 1.21. The Morgan fingerprint density at radius 2 is 1.93 bits per heavy atom. The predicted molar refractivity (Wildman–Crippen MR) is 61.1 cm³/mol. The Bertz CT molecular complexity index is 308. The van der Waals surface area contributed by atoms with Gasteiger partial charge in [0.05, 0.1) is 6.10 Å². The molecule has 0 aliphatic rings. The van der Waals surface area contributed by atoms with Gasteiger partial charge in [0.25, 0.3) is 6.47 Å². The van der Waals surface area contributed by atoms with E-state index in [9.17, 15) is 4.79 Å². The summed E-state index contributed by atoms with van der Waals surface area (Å²) in [6.45, 7) is 4.49. The van der Waals surface area contributed by atoms with E-state index in [1.165, 1.54) is 5.56 Å². The second-order valence-electron chi connectivity index (χ2n) is 3.73. The lowest BCUT2D eigenvalue weighted by atomic mass is 9.95. The summed E-state index contributed by atoms with van der Waals surface area (Å²) < 4.78 is 4.85. The van der Waals surface area contributed by atoms with Crippen LogP contribution in [-0.4, -0.2) is 12.6 Å². The minimum Gasteiger partial charge on any atom is -0.465 e. The topological polar surface area (TPSA) is 26.3 Å². The highest BCUT2D eigenvalue weighted by Crippen LogP contribution is 2.22. The minimum atomic E-state index is -0.0480. The van der Waals surface area contributed by atoms with Crippen molar-refractivity contribution < 1.29 is 9.53 Å². The number of hydrogen-bond acceptors (Lipinski definition) is 2. The quantitative estimate of drug-likeness (QED) is 0.720. The fourth-order valence-electron chi connectivity index (χ4n) is 1.58. The summed E-state index contributed by atoms with van der Waals surface area (Å²) in [5.74, 6) is 0.359. The molecule has 1 aromatic rings. The Morgan fingerprint density at radius 3 is 2.47 bits per heavy atom. The maximum absolute atomic E-state index is 10.1. The van der Waals surface area contributed by atoms with Gasteiger partial charge in [0.2, 0.25) is 0 Å². The van der Waals surface area contributed by atoms with E-state index in [0.717, 1.165) is 11.4 Å². The van der Waals surface area contributed by atoms with Crippen molar-refractivity contribution in [1.29, 1.82) is 0 Å². The first-order chi connectivity index (χ1) is 7.13. The molecular formula is C12H15ClO2. The van der Waals surface area contributed by atoms with Crippen molar-refractivity contribution in [2.75, 3.05) is 0 Å². The Balaban J connectivity index is 2.56. The third-order valence-corrected chi connectivity index (χ3v) is 2.66. The zero-order chi connectivity index (χ0) is 11.3. The molecule has 1 rings (SSSR count). The third kappa shape index (κ3) is 3.92. The van der Waals surface area contributed by atoms with Gasteiger partial charge in [-0.25, -0.2) is 0 Å². The van der Waals surface area contributed by atoms with E-state index in [2.05, 4.69) is 6.92 Å². The molecule has 0 fully saturated rings. The second kappa shape index (κ2) is 5.76. The van der Waals surface area contributed by atoms with E-state index in [1.807, 2.05) is 31.2 Å². The summed E-state index contributed by atoms with van der Waals surface area (Å²) in [6, 6.07) is 7.75. The first kappa shape index (κ1) is 12.1. The van der Waals surface area contributed by atoms with Crippen molar-refractivity contribution in [2.45, 2.75) is 32.3 Å². The van der Waals surface area contributed by atoms with Crippen LogP contribution in [0.15, 0.2) is 24.3 Å². The fraction of sp³-hybridized carbons (Fsp3) is 0.417. The summed E-state index contributed by atoms with van der Waals surface area (Å²) >= 11 is 5.80. The Morgan fingerprint density at radius 1 is 1.33 bits per heavy atom. The molecule has 15 heavy (non-hydrogen) atoms. The van der Waals surface area contributed by atoms with Crippen LogP contribution >= 0.6 is 11.6 Å². The van der Waals surface area contributed by atoms with Crippen LogP contribution in [0.4, 0.5) is 0 Å². The average molecular weight is 227 g/mol. The Labute approximate surface area is 95.2 Å². The summed E-state index contributed by atoms with van der Waals surface area (Å²) in [5, 5.41) is 0.739. The molecule has 0 bridgehead atoms. The number of benzene rings is 1. The largest absolute Gasteiger partial charge is 0.465 e. The number of carbonyl (C=O) groups excluding carboxylic acids is 1. The zero-order valence-electron chi connectivity index (χ0n) is 8.94.